The van der Waals surface area contributed by atoms with Gasteiger partial charge in [0.15, 0.2) is 0 Å². The summed E-state index contributed by atoms with van der Waals surface area (Å²) in [5, 5.41) is 10.8. The number of nitrogens with zero attached hydrogens (tertiary/aromatic N) is 1. The molecule has 1 N–H and O–H groups in total. The first-order chi connectivity index (χ1) is 6.03. The fraction of sp³-hybridized carbons (Fsp3) is 1.00. The minimum absolute atomic E-state index is 0.409. The van der Waals surface area contributed by atoms with E-state index in [-0.39, 0.29) is 0 Å². The lowest BCUT2D eigenvalue weighted by Gasteiger charge is -2.36. The van der Waals surface area contributed by atoms with E-state index in [1.165, 1.54) is 0 Å². The molecular formula is C10H20BrNO. The van der Waals surface area contributed by atoms with Crippen LogP contribution in [0.5, 0.6) is 0 Å². The summed E-state index contributed by atoms with van der Waals surface area (Å²) >= 11 is 3.49. The van der Waals surface area contributed by atoms with E-state index < -0.39 is 5.60 Å². The molecule has 0 saturated carbocycles. The van der Waals surface area contributed by atoms with Crippen molar-refractivity contribution in [1.82, 2.24) is 4.90 Å². The zero-order valence-corrected chi connectivity index (χ0v) is 10.2. The number of rotatable bonds is 3. The molecule has 0 aromatic carbocycles. The van der Waals surface area contributed by atoms with Gasteiger partial charge in [0.1, 0.15) is 0 Å². The van der Waals surface area contributed by atoms with Crippen LogP contribution in [-0.2, 0) is 0 Å². The molecule has 0 aromatic heterocycles. The maximum absolute atomic E-state index is 9.75. The van der Waals surface area contributed by atoms with E-state index in [1.54, 1.807) is 0 Å². The Balaban J connectivity index is 2.25. The molecule has 0 bridgehead atoms. The fourth-order valence-electron chi connectivity index (χ4n) is 1.71. The monoisotopic (exact) mass is 249 g/mol. The topological polar surface area (TPSA) is 23.5 Å². The van der Waals surface area contributed by atoms with Crippen molar-refractivity contribution in [2.45, 2.75) is 32.3 Å². The van der Waals surface area contributed by atoms with Gasteiger partial charge in [0.05, 0.1) is 5.60 Å². The predicted octanol–water partition coefficient (Wildman–Crippen LogP) is 1.86. The third kappa shape index (κ3) is 3.96. The summed E-state index contributed by atoms with van der Waals surface area (Å²) in [5.41, 5.74) is -0.409. The van der Waals surface area contributed by atoms with Crippen LogP contribution in [0, 0.1) is 5.92 Å². The summed E-state index contributed by atoms with van der Waals surface area (Å²) in [7, 11) is 0. The van der Waals surface area contributed by atoms with Crippen molar-refractivity contribution in [3.8, 4) is 0 Å². The number of hydrogen-bond donors (Lipinski definition) is 1. The largest absolute Gasteiger partial charge is 0.390 e. The third-order valence-corrected chi connectivity index (χ3v) is 3.87. The Morgan fingerprint density at radius 1 is 1.46 bits per heavy atom. The molecule has 1 unspecified atom stereocenters. The Labute approximate surface area is 89.4 Å². The molecule has 13 heavy (non-hydrogen) atoms. The highest BCUT2D eigenvalue weighted by molar-refractivity contribution is 9.09. The van der Waals surface area contributed by atoms with Crippen molar-refractivity contribution < 1.29 is 5.11 Å². The number of piperidine rings is 1. The second kappa shape index (κ2) is 4.76. The second-order valence-electron chi connectivity index (χ2n) is 4.56. The zero-order chi connectivity index (χ0) is 9.90. The van der Waals surface area contributed by atoms with E-state index in [2.05, 4.69) is 27.8 Å². The molecule has 1 saturated heterocycles. The van der Waals surface area contributed by atoms with Crippen LogP contribution in [0.2, 0.25) is 0 Å². The highest BCUT2D eigenvalue weighted by atomic mass is 79.9. The van der Waals surface area contributed by atoms with Gasteiger partial charge < -0.3 is 10.0 Å². The van der Waals surface area contributed by atoms with Gasteiger partial charge in [-0.15, -0.1) is 0 Å². The van der Waals surface area contributed by atoms with E-state index in [4.69, 9.17) is 0 Å². The van der Waals surface area contributed by atoms with Gasteiger partial charge in [0.2, 0.25) is 0 Å². The fourth-order valence-corrected chi connectivity index (χ4v) is 1.91. The number of aliphatic hydroxyl groups is 1. The standard InChI is InChI=1S/C10H20BrNO/c1-9(7-11)8-12-5-3-10(2,13)4-6-12/h9,13H,3-8H2,1-2H3. The van der Waals surface area contributed by atoms with Gasteiger partial charge in [-0.05, 0) is 25.7 Å². The first kappa shape index (κ1) is 11.5. The van der Waals surface area contributed by atoms with E-state index in [0.29, 0.717) is 5.92 Å². The Morgan fingerprint density at radius 2 is 2.00 bits per heavy atom. The quantitative estimate of drug-likeness (QED) is 0.773. The van der Waals surface area contributed by atoms with Crippen LogP contribution in [0.4, 0.5) is 0 Å². The molecule has 0 aliphatic carbocycles. The second-order valence-corrected chi connectivity index (χ2v) is 5.20. The van der Waals surface area contributed by atoms with E-state index >= 15 is 0 Å². The highest BCUT2D eigenvalue weighted by Crippen LogP contribution is 2.21. The smallest absolute Gasteiger partial charge is 0.0644 e. The highest BCUT2D eigenvalue weighted by Gasteiger charge is 2.27. The molecule has 1 aliphatic heterocycles. The molecule has 0 radical (unpaired) electrons. The van der Waals surface area contributed by atoms with Gasteiger partial charge in [-0.2, -0.15) is 0 Å². The molecule has 0 amide bonds. The van der Waals surface area contributed by atoms with Gasteiger partial charge >= 0.3 is 0 Å². The van der Waals surface area contributed by atoms with E-state index in [9.17, 15) is 5.11 Å². The van der Waals surface area contributed by atoms with Crippen LogP contribution in [0.15, 0.2) is 0 Å². The SMILES string of the molecule is CC(CBr)CN1CCC(C)(O)CC1. The number of alkyl halides is 1. The molecule has 1 aliphatic rings. The molecule has 0 spiro atoms. The lowest BCUT2D eigenvalue weighted by molar-refractivity contribution is -0.00753. The number of likely N-dealkylation sites (tertiary alicyclic amines) is 1. The third-order valence-electron chi connectivity index (χ3n) is 2.77. The van der Waals surface area contributed by atoms with Crippen molar-refractivity contribution in [2.75, 3.05) is 25.0 Å². The van der Waals surface area contributed by atoms with Gasteiger partial charge in [-0.3, -0.25) is 0 Å². The minimum Gasteiger partial charge on any atom is -0.390 e. The first-order valence-electron chi connectivity index (χ1n) is 5.04. The Kier molecular flexibility index (Phi) is 4.20. The molecule has 1 heterocycles. The van der Waals surface area contributed by atoms with Crippen molar-refractivity contribution in [2.24, 2.45) is 5.92 Å². The lowest BCUT2D eigenvalue weighted by Crippen LogP contribution is -2.44. The van der Waals surface area contributed by atoms with Crippen molar-refractivity contribution in [1.29, 1.82) is 0 Å². The number of halogens is 1. The molecule has 2 nitrogen and oxygen atoms in total. The average molecular weight is 250 g/mol. The molecule has 1 fully saturated rings. The molecular weight excluding hydrogens is 230 g/mol. The molecule has 1 rings (SSSR count). The van der Waals surface area contributed by atoms with Gasteiger partial charge in [0, 0.05) is 25.0 Å². The van der Waals surface area contributed by atoms with Crippen molar-refractivity contribution in [3.63, 3.8) is 0 Å². The summed E-state index contributed by atoms with van der Waals surface area (Å²) in [6.45, 7) is 7.44. The van der Waals surface area contributed by atoms with Crippen molar-refractivity contribution in [3.05, 3.63) is 0 Å². The van der Waals surface area contributed by atoms with Crippen LogP contribution >= 0.6 is 15.9 Å². The van der Waals surface area contributed by atoms with Crippen LogP contribution < -0.4 is 0 Å². The molecule has 78 valence electrons. The summed E-state index contributed by atoms with van der Waals surface area (Å²) < 4.78 is 0. The van der Waals surface area contributed by atoms with Gasteiger partial charge in [-0.1, -0.05) is 22.9 Å². The number of hydrogen-bond acceptors (Lipinski definition) is 2. The Hall–Kier alpha value is 0.400. The summed E-state index contributed by atoms with van der Waals surface area (Å²) in [6, 6.07) is 0. The van der Waals surface area contributed by atoms with Crippen LogP contribution in [0.3, 0.4) is 0 Å². The molecule has 0 aromatic rings. The van der Waals surface area contributed by atoms with Crippen molar-refractivity contribution >= 4 is 15.9 Å². The minimum atomic E-state index is -0.409. The van der Waals surface area contributed by atoms with E-state index in [1.807, 2.05) is 6.92 Å². The van der Waals surface area contributed by atoms with E-state index in [0.717, 1.165) is 37.8 Å². The summed E-state index contributed by atoms with van der Waals surface area (Å²) in [5.74, 6) is 0.711. The summed E-state index contributed by atoms with van der Waals surface area (Å²) in [4.78, 5) is 2.45. The zero-order valence-electron chi connectivity index (χ0n) is 8.59. The lowest BCUT2D eigenvalue weighted by atomic mass is 9.93. The van der Waals surface area contributed by atoms with Crippen LogP contribution in [-0.4, -0.2) is 40.6 Å². The Bertz CT molecular complexity index is 151. The van der Waals surface area contributed by atoms with Gasteiger partial charge in [0.25, 0.3) is 0 Å². The molecule has 1 atom stereocenters. The normalized spacial score (nSPS) is 25.8. The average Bonchev–Trinajstić information content (AvgIpc) is 2.08. The van der Waals surface area contributed by atoms with Crippen LogP contribution in [0.25, 0.3) is 0 Å². The maximum atomic E-state index is 9.75. The first-order valence-corrected chi connectivity index (χ1v) is 6.16. The summed E-state index contributed by atoms with van der Waals surface area (Å²) in [6.07, 6.45) is 1.84. The maximum Gasteiger partial charge on any atom is 0.0644 e. The van der Waals surface area contributed by atoms with Gasteiger partial charge in [-0.25, -0.2) is 0 Å². The van der Waals surface area contributed by atoms with Crippen LogP contribution in [0.1, 0.15) is 26.7 Å². The Morgan fingerprint density at radius 3 is 2.46 bits per heavy atom. The predicted molar refractivity (Wildman–Crippen MR) is 59.3 cm³/mol. The molecule has 3 heteroatoms.